The molecular formula is C7H5BrN4O2. The van der Waals surface area contributed by atoms with Crippen molar-refractivity contribution in [3.63, 3.8) is 0 Å². The maximum absolute atomic E-state index is 11.6. The number of ketones is 1. The molecule has 0 aliphatic carbocycles. The van der Waals surface area contributed by atoms with Crippen LogP contribution in [0.4, 0.5) is 0 Å². The van der Waals surface area contributed by atoms with Crippen LogP contribution in [0, 0.1) is 0 Å². The molecule has 0 aromatic carbocycles. The van der Waals surface area contributed by atoms with Gasteiger partial charge >= 0.3 is 0 Å². The van der Waals surface area contributed by atoms with Crippen LogP contribution < -0.4 is 0 Å². The van der Waals surface area contributed by atoms with E-state index in [0.29, 0.717) is 10.2 Å². The summed E-state index contributed by atoms with van der Waals surface area (Å²) in [6.45, 7) is 0. The number of halogens is 1. The van der Waals surface area contributed by atoms with Gasteiger partial charge in [0.25, 0.3) is 0 Å². The summed E-state index contributed by atoms with van der Waals surface area (Å²) < 4.78 is 5.42. The molecule has 2 heterocycles. The first kappa shape index (κ1) is 9.07. The van der Waals surface area contributed by atoms with E-state index in [9.17, 15) is 4.79 Å². The minimum absolute atomic E-state index is 0.0563. The van der Waals surface area contributed by atoms with E-state index in [1.54, 1.807) is 13.1 Å². The molecule has 0 N–H and O–H groups in total. The second-order valence-electron chi connectivity index (χ2n) is 2.57. The van der Waals surface area contributed by atoms with Gasteiger partial charge in [-0.05, 0) is 21.1 Å². The number of hydrogen-bond donors (Lipinski definition) is 0. The summed E-state index contributed by atoms with van der Waals surface area (Å²) in [5, 5.41) is 10.9. The largest absolute Gasteiger partial charge is 0.457 e. The molecule has 0 saturated carbocycles. The minimum atomic E-state index is -0.312. The van der Waals surface area contributed by atoms with Crippen molar-refractivity contribution in [3.8, 4) is 0 Å². The monoisotopic (exact) mass is 256 g/mol. The fourth-order valence-corrected chi connectivity index (χ4v) is 1.27. The molecule has 0 fully saturated rings. The standard InChI is InChI=1S/C7H5BrN4O2/c1-12-10-7(9-11-12)6(13)4-2-5(8)14-3-4/h2-3H,1H3. The van der Waals surface area contributed by atoms with Gasteiger partial charge in [-0.15, -0.1) is 10.2 Å². The number of tetrazole rings is 1. The van der Waals surface area contributed by atoms with Crippen molar-refractivity contribution in [2.75, 3.05) is 0 Å². The molecule has 2 rings (SSSR count). The van der Waals surface area contributed by atoms with Gasteiger partial charge in [-0.3, -0.25) is 4.79 Å². The van der Waals surface area contributed by atoms with E-state index in [1.807, 2.05) is 0 Å². The fourth-order valence-electron chi connectivity index (χ4n) is 0.933. The van der Waals surface area contributed by atoms with Crippen molar-refractivity contribution in [1.29, 1.82) is 0 Å². The first-order valence-electron chi connectivity index (χ1n) is 3.69. The van der Waals surface area contributed by atoms with E-state index < -0.39 is 0 Å². The molecule has 0 amide bonds. The summed E-state index contributed by atoms with van der Waals surface area (Å²) >= 11 is 3.10. The zero-order chi connectivity index (χ0) is 10.1. The number of carbonyl (C=O) groups excluding carboxylic acids is 1. The van der Waals surface area contributed by atoms with Gasteiger partial charge in [0.2, 0.25) is 11.6 Å². The number of aromatic nitrogens is 4. The lowest BCUT2D eigenvalue weighted by atomic mass is 10.2. The first-order valence-corrected chi connectivity index (χ1v) is 4.49. The van der Waals surface area contributed by atoms with Crippen molar-refractivity contribution in [2.45, 2.75) is 0 Å². The van der Waals surface area contributed by atoms with Crippen molar-refractivity contribution in [1.82, 2.24) is 20.2 Å². The highest BCUT2D eigenvalue weighted by atomic mass is 79.9. The van der Waals surface area contributed by atoms with Crippen LogP contribution in [0.25, 0.3) is 0 Å². The Hall–Kier alpha value is -1.50. The molecule has 0 atom stereocenters. The lowest BCUT2D eigenvalue weighted by molar-refractivity contribution is 0.102. The van der Waals surface area contributed by atoms with Gasteiger partial charge in [-0.1, -0.05) is 0 Å². The normalized spacial score (nSPS) is 10.4. The molecule has 2 aromatic heterocycles. The third-order valence-corrected chi connectivity index (χ3v) is 1.96. The van der Waals surface area contributed by atoms with Crippen molar-refractivity contribution in [2.24, 2.45) is 7.05 Å². The minimum Gasteiger partial charge on any atom is -0.457 e. The van der Waals surface area contributed by atoms with Crippen LogP contribution in [0.2, 0.25) is 0 Å². The third-order valence-electron chi connectivity index (χ3n) is 1.54. The van der Waals surface area contributed by atoms with Crippen molar-refractivity contribution < 1.29 is 9.21 Å². The highest BCUT2D eigenvalue weighted by molar-refractivity contribution is 9.10. The average molecular weight is 257 g/mol. The number of hydrogen-bond acceptors (Lipinski definition) is 5. The van der Waals surface area contributed by atoms with Crippen LogP contribution in [0.5, 0.6) is 0 Å². The average Bonchev–Trinajstić information content (AvgIpc) is 2.73. The summed E-state index contributed by atoms with van der Waals surface area (Å²) in [6.07, 6.45) is 1.34. The number of carbonyl (C=O) groups is 1. The van der Waals surface area contributed by atoms with Gasteiger partial charge in [0.1, 0.15) is 6.26 Å². The molecule has 0 bridgehead atoms. The van der Waals surface area contributed by atoms with Crippen molar-refractivity contribution in [3.05, 3.63) is 28.4 Å². The van der Waals surface area contributed by atoms with Crippen LogP contribution >= 0.6 is 15.9 Å². The summed E-state index contributed by atoms with van der Waals surface area (Å²) in [4.78, 5) is 12.8. The second-order valence-corrected chi connectivity index (χ2v) is 3.35. The molecule has 0 saturated heterocycles. The van der Waals surface area contributed by atoms with Crippen LogP contribution in [-0.2, 0) is 7.05 Å². The van der Waals surface area contributed by atoms with E-state index in [1.165, 1.54) is 11.1 Å². The summed E-state index contributed by atoms with van der Waals surface area (Å²) in [5.41, 5.74) is 0.393. The van der Waals surface area contributed by atoms with Crippen LogP contribution in [0.1, 0.15) is 16.2 Å². The second kappa shape index (κ2) is 3.33. The maximum atomic E-state index is 11.6. The Balaban J connectivity index is 2.33. The maximum Gasteiger partial charge on any atom is 0.245 e. The van der Waals surface area contributed by atoms with E-state index in [2.05, 4.69) is 31.3 Å². The summed E-state index contributed by atoms with van der Waals surface area (Å²) in [6, 6.07) is 1.55. The lowest BCUT2D eigenvalue weighted by Crippen LogP contribution is -2.03. The Kier molecular flexibility index (Phi) is 2.16. The Morgan fingerprint density at radius 2 is 2.43 bits per heavy atom. The van der Waals surface area contributed by atoms with E-state index in [0.717, 1.165) is 0 Å². The predicted molar refractivity (Wildman–Crippen MR) is 48.6 cm³/mol. The van der Waals surface area contributed by atoms with Crippen LogP contribution in [0.3, 0.4) is 0 Å². The Morgan fingerprint density at radius 1 is 1.64 bits per heavy atom. The molecule has 7 heteroatoms. The van der Waals surface area contributed by atoms with Gasteiger partial charge in [-0.25, -0.2) is 0 Å². The van der Waals surface area contributed by atoms with Gasteiger partial charge in [0.15, 0.2) is 4.67 Å². The van der Waals surface area contributed by atoms with E-state index in [-0.39, 0.29) is 11.6 Å². The predicted octanol–water partition coefficient (Wildman–Crippen LogP) is 0.797. The van der Waals surface area contributed by atoms with Gasteiger partial charge in [0.05, 0.1) is 12.6 Å². The Morgan fingerprint density at radius 3 is 2.93 bits per heavy atom. The summed E-state index contributed by atoms with van der Waals surface area (Å²) in [5.74, 6) is -0.256. The molecule has 0 spiro atoms. The molecular weight excluding hydrogens is 252 g/mol. The Bertz CT molecular complexity index is 433. The van der Waals surface area contributed by atoms with Crippen LogP contribution in [0.15, 0.2) is 21.4 Å². The zero-order valence-corrected chi connectivity index (χ0v) is 8.72. The third kappa shape index (κ3) is 1.58. The quantitative estimate of drug-likeness (QED) is 0.744. The van der Waals surface area contributed by atoms with E-state index in [4.69, 9.17) is 4.42 Å². The fraction of sp³-hybridized carbons (Fsp3) is 0.143. The number of nitrogens with zero attached hydrogens (tertiary/aromatic N) is 4. The SMILES string of the molecule is Cn1nnc(C(=O)c2coc(Br)c2)n1. The van der Waals surface area contributed by atoms with Gasteiger partial charge in [-0.2, -0.15) is 4.80 Å². The number of rotatable bonds is 2. The molecule has 0 aliphatic rings. The molecule has 72 valence electrons. The lowest BCUT2D eigenvalue weighted by Gasteiger charge is -1.86. The summed E-state index contributed by atoms with van der Waals surface area (Å²) in [7, 11) is 1.59. The molecule has 0 radical (unpaired) electrons. The molecule has 6 nitrogen and oxygen atoms in total. The number of aryl methyl sites for hydroxylation is 1. The van der Waals surface area contributed by atoms with Gasteiger partial charge < -0.3 is 4.42 Å². The number of furan rings is 1. The van der Waals surface area contributed by atoms with E-state index >= 15 is 0 Å². The molecule has 0 unspecified atom stereocenters. The van der Waals surface area contributed by atoms with Crippen LogP contribution in [-0.4, -0.2) is 26.0 Å². The highest BCUT2D eigenvalue weighted by Crippen LogP contribution is 2.15. The molecule has 2 aromatic rings. The Labute approximate surface area is 87.0 Å². The smallest absolute Gasteiger partial charge is 0.245 e. The molecule has 0 aliphatic heterocycles. The van der Waals surface area contributed by atoms with Gasteiger partial charge in [0, 0.05) is 6.07 Å². The molecule has 14 heavy (non-hydrogen) atoms. The first-order chi connectivity index (χ1) is 6.66. The zero-order valence-electron chi connectivity index (χ0n) is 7.14. The highest BCUT2D eigenvalue weighted by Gasteiger charge is 2.16. The topological polar surface area (TPSA) is 73.8 Å². The van der Waals surface area contributed by atoms with Crippen molar-refractivity contribution >= 4 is 21.7 Å².